The molecule has 0 aromatic heterocycles. The highest BCUT2D eigenvalue weighted by Crippen LogP contribution is 2.18. The Morgan fingerprint density at radius 2 is 0.607 bits per heavy atom. The Kier molecular flexibility index (Phi) is 43.6. The van der Waals surface area contributed by atoms with E-state index in [4.69, 9.17) is 14.2 Å². The van der Waals surface area contributed by atoms with E-state index in [1.807, 2.05) is 6.92 Å². The van der Waals surface area contributed by atoms with Crippen LogP contribution in [0.1, 0.15) is 265 Å². The molecule has 0 rings (SSSR count). The van der Waals surface area contributed by atoms with E-state index in [2.05, 4.69) is 13.8 Å². The Morgan fingerprint density at radius 1 is 0.344 bits per heavy atom. The minimum Gasteiger partial charge on any atom is -0.462 e. The first-order valence-corrected chi connectivity index (χ1v) is 25.9. The molecular weight excluding hydrogens is 773 g/mol. The first-order chi connectivity index (χ1) is 29.6. The molecule has 0 aliphatic carbocycles. The van der Waals surface area contributed by atoms with Crippen molar-refractivity contribution < 1.29 is 49.0 Å². The number of aliphatic hydroxyl groups is 4. The van der Waals surface area contributed by atoms with Crippen LogP contribution in [0.15, 0.2) is 0 Å². The maximum absolute atomic E-state index is 12.8. The van der Waals surface area contributed by atoms with E-state index in [-0.39, 0.29) is 50.4 Å². The Bertz CT molecular complexity index is 977. The van der Waals surface area contributed by atoms with Gasteiger partial charge in [-0.05, 0) is 44.9 Å². The molecule has 0 fully saturated rings. The second kappa shape index (κ2) is 44.8. The second-order valence-corrected chi connectivity index (χ2v) is 18.0. The van der Waals surface area contributed by atoms with Gasteiger partial charge in [-0.2, -0.15) is 0 Å². The molecule has 0 saturated carbocycles. The quantitative estimate of drug-likeness (QED) is 0.0263. The van der Waals surface area contributed by atoms with Crippen molar-refractivity contribution >= 4 is 17.9 Å². The van der Waals surface area contributed by atoms with E-state index in [0.717, 1.165) is 83.5 Å². The van der Waals surface area contributed by atoms with Crippen LogP contribution in [-0.4, -0.2) is 82.1 Å². The summed E-state index contributed by atoms with van der Waals surface area (Å²) in [7, 11) is 0. The van der Waals surface area contributed by atoms with E-state index in [1.165, 1.54) is 103 Å². The van der Waals surface area contributed by atoms with Crippen LogP contribution in [-0.2, 0) is 28.6 Å². The first-order valence-electron chi connectivity index (χ1n) is 25.9. The van der Waals surface area contributed by atoms with Crippen molar-refractivity contribution in [1.29, 1.82) is 0 Å². The smallest absolute Gasteiger partial charge is 0.306 e. The van der Waals surface area contributed by atoms with Crippen LogP contribution in [0.4, 0.5) is 0 Å². The van der Waals surface area contributed by atoms with Gasteiger partial charge in [0.15, 0.2) is 6.10 Å². The molecule has 0 aromatic rings. The number of hydrogen-bond donors (Lipinski definition) is 4. The van der Waals surface area contributed by atoms with Gasteiger partial charge in [0.1, 0.15) is 13.2 Å². The fourth-order valence-electron chi connectivity index (χ4n) is 7.81. The van der Waals surface area contributed by atoms with Crippen molar-refractivity contribution in [3.8, 4) is 0 Å². The number of aliphatic hydroxyl groups excluding tert-OH is 4. The van der Waals surface area contributed by atoms with Gasteiger partial charge in [0.05, 0.1) is 24.4 Å². The number of unbranched alkanes of at least 4 members (excludes halogenated alkanes) is 27. The molecule has 0 aliphatic rings. The van der Waals surface area contributed by atoms with Gasteiger partial charge in [-0.3, -0.25) is 14.4 Å². The van der Waals surface area contributed by atoms with Crippen LogP contribution >= 0.6 is 0 Å². The van der Waals surface area contributed by atoms with Gasteiger partial charge in [-0.15, -0.1) is 0 Å². The molecule has 5 atom stereocenters. The minimum atomic E-state index is -0.857. The van der Waals surface area contributed by atoms with Crippen molar-refractivity contribution in [2.45, 2.75) is 295 Å². The molecule has 5 unspecified atom stereocenters. The zero-order valence-corrected chi connectivity index (χ0v) is 39.9. The maximum atomic E-state index is 12.8. The normalized spacial score (nSPS) is 14.0. The minimum absolute atomic E-state index is 0.158. The van der Waals surface area contributed by atoms with E-state index < -0.39 is 30.5 Å². The zero-order chi connectivity index (χ0) is 45.0. The standard InChI is InChI=1S/C51H98O10/c1-4-7-9-11-13-14-15-16-17-18-19-20-21-27-35-41-51(58)61-44(42-59-49(56)39-33-28-22-25-30-36-46(53)45(52)6-3)43-60-50(57)40-34-29-23-26-32-38-48(55)47(54)37-31-24-12-10-8-5-2/h44-48,52-55H,4-43H2,1-3H3. The lowest BCUT2D eigenvalue weighted by Crippen LogP contribution is -2.30. The van der Waals surface area contributed by atoms with Crippen LogP contribution in [0.3, 0.4) is 0 Å². The first kappa shape index (κ1) is 59.2. The van der Waals surface area contributed by atoms with Crippen LogP contribution in [0.2, 0.25) is 0 Å². The fraction of sp³-hybridized carbons (Fsp3) is 0.941. The third kappa shape index (κ3) is 40.8. The lowest BCUT2D eigenvalue weighted by Gasteiger charge is -2.18. The van der Waals surface area contributed by atoms with Crippen molar-refractivity contribution in [3.05, 3.63) is 0 Å². The fourth-order valence-corrected chi connectivity index (χ4v) is 7.81. The monoisotopic (exact) mass is 871 g/mol. The predicted octanol–water partition coefficient (Wildman–Crippen LogP) is 12.3. The van der Waals surface area contributed by atoms with Gasteiger partial charge in [-0.1, -0.05) is 201 Å². The molecule has 0 saturated heterocycles. The third-order valence-electron chi connectivity index (χ3n) is 12.1. The molecule has 0 aromatic carbocycles. The van der Waals surface area contributed by atoms with E-state index in [1.54, 1.807) is 0 Å². The molecule has 0 spiro atoms. The lowest BCUT2D eigenvalue weighted by molar-refractivity contribution is -0.167. The summed E-state index contributed by atoms with van der Waals surface area (Å²) in [5, 5.41) is 40.2. The number of rotatable bonds is 47. The van der Waals surface area contributed by atoms with Gasteiger partial charge < -0.3 is 34.6 Å². The highest BCUT2D eigenvalue weighted by atomic mass is 16.6. The summed E-state index contributed by atoms with van der Waals surface area (Å²) in [6.45, 7) is 5.99. The molecule has 61 heavy (non-hydrogen) atoms. The molecule has 10 nitrogen and oxygen atoms in total. The largest absolute Gasteiger partial charge is 0.462 e. The molecule has 0 heterocycles. The van der Waals surface area contributed by atoms with Gasteiger partial charge in [0.25, 0.3) is 0 Å². The molecule has 0 amide bonds. The Morgan fingerprint density at radius 3 is 0.918 bits per heavy atom. The second-order valence-electron chi connectivity index (χ2n) is 18.0. The lowest BCUT2D eigenvalue weighted by atomic mass is 9.99. The number of carbonyl (C=O) groups is 3. The van der Waals surface area contributed by atoms with Gasteiger partial charge in [0.2, 0.25) is 0 Å². The maximum Gasteiger partial charge on any atom is 0.306 e. The summed E-state index contributed by atoms with van der Waals surface area (Å²) in [5.74, 6) is -1.13. The number of ether oxygens (including phenoxy) is 3. The van der Waals surface area contributed by atoms with Crippen LogP contribution in [0.5, 0.6) is 0 Å². The topological polar surface area (TPSA) is 160 Å². The van der Waals surface area contributed by atoms with Crippen molar-refractivity contribution in [3.63, 3.8) is 0 Å². The summed E-state index contributed by atoms with van der Waals surface area (Å²) in [4.78, 5) is 37.9. The summed E-state index contributed by atoms with van der Waals surface area (Å²) in [6, 6.07) is 0. The molecule has 0 aliphatic heterocycles. The molecule has 4 N–H and O–H groups in total. The number of esters is 3. The van der Waals surface area contributed by atoms with E-state index in [9.17, 15) is 34.8 Å². The van der Waals surface area contributed by atoms with E-state index >= 15 is 0 Å². The van der Waals surface area contributed by atoms with Crippen LogP contribution in [0.25, 0.3) is 0 Å². The van der Waals surface area contributed by atoms with Gasteiger partial charge in [-0.25, -0.2) is 0 Å². The summed E-state index contributed by atoms with van der Waals surface area (Å²) >= 11 is 0. The Labute approximate surface area is 374 Å². The van der Waals surface area contributed by atoms with Crippen molar-refractivity contribution in [2.75, 3.05) is 13.2 Å². The molecule has 10 heteroatoms. The number of carbonyl (C=O) groups excluding carboxylic acids is 3. The van der Waals surface area contributed by atoms with Gasteiger partial charge >= 0.3 is 17.9 Å². The van der Waals surface area contributed by atoms with Gasteiger partial charge in [0, 0.05) is 19.3 Å². The van der Waals surface area contributed by atoms with Crippen LogP contribution < -0.4 is 0 Å². The molecule has 0 bridgehead atoms. The average Bonchev–Trinajstić information content (AvgIpc) is 3.25. The summed E-state index contributed by atoms with van der Waals surface area (Å²) in [5.41, 5.74) is 0. The van der Waals surface area contributed by atoms with Crippen molar-refractivity contribution in [2.24, 2.45) is 0 Å². The highest BCUT2D eigenvalue weighted by Gasteiger charge is 2.20. The summed E-state index contributed by atoms with van der Waals surface area (Å²) < 4.78 is 16.6. The average molecular weight is 871 g/mol. The Hall–Kier alpha value is -1.75. The SMILES string of the molecule is CCCCCCCCCCCCCCCCCC(=O)OC(COC(=O)CCCCCCCC(O)C(O)CC)COC(=O)CCCCCCCC(O)C(O)CCCCCCCC. The van der Waals surface area contributed by atoms with Crippen LogP contribution in [0, 0.1) is 0 Å². The number of hydrogen-bond acceptors (Lipinski definition) is 10. The molecule has 362 valence electrons. The van der Waals surface area contributed by atoms with Crippen molar-refractivity contribution in [1.82, 2.24) is 0 Å². The third-order valence-corrected chi connectivity index (χ3v) is 12.1. The zero-order valence-electron chi connectivity index (χ0n) is 39.9. The predicted molar refractivity (Wildman–Crippen MR) is 248 cm³/mol. The Balaban J connectivity index is 4.45. The summed E-state index contributed by atoms with van der Waals surface area (Å²) in [6.07, 6.45) is 33.6. The molecular formula is C51H98O10. The molecule has 0 radical (unpaired) electrons. The highest BCUT2D eigenvalue weighted by molar-refractivity contribution is 5.71. The van der Waals surface area contributed by atoms with E-state index in [0.29, 0.717) is 38.5 Å².